The molecule has 0 saturated heterocycles. The number of benzene rings is 2. The van der Waals surface area contributed by atoms with E-state index in [0.29, 0.717) is 0 Å². The van der Waals surface area contributed by atoms with Gasteiger partial charge in [0.25, 0.3) is 11.8 Å². The van der Waals surface area contributed by atoms with E-state index in [1.54, 1.807) is 13.0 Å². The lowest BCUT2D eigenvalue weighted by Gasteiger charge is -2.10. The second kappa shape index (κ2) is 7.90. The Morgan fingerprint density at radius 3 is 2.12 bits per heavy atom. The van der Waals surface area contributed by atoms with Crippen molar-refractivity contribution in [3.05, 3.63) is 64.7 Å². The van der Waals surface area contributed by atoms with Crippen LogP contribution in [-0.4, -0.2) is 30.0 Å². The van der Waals surface area contributed by atoms with Crippen LogP contribution in [0.5, 0.6) is 5.75 Å². The molecule has 2 rings (SSSR count). The van der Waals surface area contributed by atoms with Crippen LogP contribution >= 0.6 is 0 Å². The van der Waals surface area contributed by atoms with Crippen LogP contribution in [0, 0.1) is 6.92 Å². The summed E-state index contributed by atoms with van der Waals surface area (Å²) in [4.78, 5) is 23.8. The number of phenols is 1. The monoisotopic (exact) mass is 366 g/mol. The molecule has 0 saturated carbocycles. The minimum absolute atomic E-state index is 0.0815. The predicted molar refractivity (Wildman–Crippen MR) is 89.0 cm³/mol. The number of halogens is 3. The molecule has 5 nitrogen and oxygen atoms in total. The van der Waals surface area contributed by atoms with E-state index in [-0.39, 0.29) is 30.0 Å². The van der Waals surface area contributed by atoms with Crippen LogP contribution < -0.4 is 10.6 Å². The van der Waals surface area contributed by atoms with E-state index >= 15 is 0 Å². The number of aromatic hydroxyl groups is 1. The predicted octanol–water partition coefficient (Wildman–Crippen LogP) is 2.88. The lowest BCUT2D eigenvalue weighted by Crippen LogP contribution is -2.34. The first kappa shape index (κ1) is 19.3. The summed E-state index contributed by atoms with van der Waals surface area (Å²) in [5, 5.41) is 14.7. The third kappa shape index (κ3) is 4.98. The Balaban J connectivity index is 1.83. The number of amides is 2. The number of hydrogen-bond acceptors (Lipinski definition) is 3. The summed E-state index contributed by atoms with van der Waals surface area (Å²) in [5.74, 6) is -1.19. The molecule has 3 N–H and O–H groups in total. The molecule has 0 fully saturated rings. The average molecular weight is 366 g/mol. The molecule has 26 heavy (non-hydrogen) atoms. The molecular weight excluding hydrogens is 349 g/mol. The molecule has 2 aromatic rings. The number of aryl methyl sites for hydroxylation is 1. The SMILES string of the molecule is Cc1ccc(O)c(C(=O)NCCNC(=O)c2ccc(C(F)(F)F)cc2)c1. The fourth-order valence-corrected chi connectivity index (χ4v) is 2.19. The van der Waals surface area contributed by atoms with Crippen molar-refractivity contribution in [3.63, 3.8) is 0 Å². The number of alkyl halides is 3. The fraction of sp³-hybridized carbons (Fsp3) is 0.222. The van der Waals surface area contributed by atoms with Gasteiger partial charge < -0.3 is 15.7 Å². The molecule has 0 aliphatic rings. The van der Waals surface area contributed by atoms with Crippen molar-refractivity contribution < 1.29 is 27.9 Å². The quantitative estimate of drug-likeness (QED) is 0.712. The first-order valence-corrected chi connectivity index (χ1v) is 7.72. The first-order valence-electron chi connectivity index (χ1n) is 7.72. The van der Waals surface area contributed by atoms with Gasteiger partial charge in [-0.1, -0.05) is 11.6 Å². The Morgan fingerprint density at radius 2 is 1.54 bits per heavy atom. The van der Waals surface area contributed by atoms with Crippen molar-refractivity contribution in [2.45, 2.75) is 13.1 Å². The summed E-state index contributed by atoms with van der Waals surface area (Å²) in [5.41, 5.74) is 0.183. The van der Waals surface area contributed by atoms with Crippen molar-refractivity contribution >= 4 is 11.8 Å². The molecule has 0 atom stereocenters. The van der Waals surface area contributed by atoms with Crippen LogP contribution in [0.15, 0.2) is 42.5 Å². The molecule has 0 unspecified atom stereocenters. The number of rotatable bonds is 5. The highest BCUT2D eigenvalue weighted by Crippen LogP contribution is 2.29. The van der Waals surface area contributed by atoms with E-state index in [0.717, 1.165) is 29.8 Å². The molecule has 0 aliphatic carbocycles. The van der Waals surface area contributed by atoms with Crippen molar-refractivity contribution in [1.29, 1.82) is 0 Å². The van der Waals surface area contributed by atoms with Crippen LogP contribution in [-0.2, 0) is 6.18 Å². The highest BCUT2D eigenvalue weighted by atomic mass is 19.4. The summed E-state index contributed by atoms with van der Waals surface area (Å²) in [7, 11) is 0. The minimum Gasteiger partial charge on any atom is -0.507 e. The minimum atomic E-state index is -4.46. The molecule has 0 aliphatic heterocycles. The Kier molecular flexibility index (Phi) is 5.86. The van der Waals surface area contributed by atoms with Gasteiger partial charge in [-0.05, 0) is 43.3 Å². The van der Waals surface area contributed by atoms with Gasteiger partial charge in [0.15, 0.2) is 0 Å². The molecule has 0 spiro atoms. The molecule has 0 radical (unpaired) electrons. The molecule has 8 heteroatoms. The number of phenolic OH excluding ortho intramolecular Hbond substituents is 1. The highest BCUT2D eigenvalue weighted by molar-refractivity contribution is 5.97. The van der Waals surface area contributed by atoms with E-state index in [2.05, 4.69) is 10.6 Å². The van der Waals surface area contributed by atoms with Gasteiger partial charge in [-0.15, -0.1) is 0 Å². The molecule has 2 aromatic carbocycles. The Hall–Kier alpha value is -3.03. The lowest BCUT2D eigenvalue weighted by atomic mass is 10.1. The van der Waals surface area contributed by atoms with E-state index in [4.69, 9.17) is 0 Å². The number of carbonyl (C=O) groups excluding carboxylic acids is 2. The standard InChI is InChI=1S/C18H17F3N2O3/c1-11-2-7-15(24)14(10-11)17(26)23-9-8-22-16(25)12-3-5-13(6-4-12)18(19,20)21/h2-7,10,24H,8-9H2,1H3,(H,22,25)(H,23,26). The maximum Gasteiger partial charge on any atom is 0.416 e. The van der Waals surface area contributed by atoms with Crippen LogP contribution in [0.4, 0.5) is 13.2 Å². The van der Waals surface area contributed by atoms with Gasteiger partial charge in [-0.2, -0.15) is 13.2 Å². The van der Waals surface area contributed by atoms with Gasteiger partial charge in [0.2, 0.25) is 0 Å². The van der Waals surface area contributed by atoms with Crippen molar-refractivity contribution in [2.75, 3.05) is 13.1 Å². The maximum atomic E-state index is 12.5. The Bertz CT molecular complexity index is 802. The topological polar surface area (TPSA) is 78.4 Å². The van der Waals surface area contributed by atoms with Crippen molar-refractivity contribution in [3.8, 4) is 5.75 Å². The highest BCUT2D eigenvalue weighted by Gasteiger charge is 2.30. The third-order valence-electron chi connectivity index (χ3n) is 3.57. The summed E-state index contributed by atoms with van der Waals surface area (Å²) >= 11 is 0. The summed E-state index contributed by atoms with van der Waals surface area (Å²) < 4.78 is 37.4. The molecule has 138 valence electrons. The molecule has 0 aromatic heterocycles. The molecular formula is C18H17F3N2O3. The number of carbonyl (C=O) groups is 2. The van der Waals surface area contributed by atoms with Crippen LogP contribution in [0.25, 0.3) is 0 Å². The lowest BCUT2D eigenvalue weighted by molar-refractivity contribution is -0.137. The van der Waals surface area contributed by atoms with Gasteiger partial charge in [0.05, 0.1) is 11.1 Å². The molecule has 2 amide bonds. The zero-order valence-corrected chi connectivity index (χ0v) is 13.9. The van der Waals surface area contributed by atoms with E-state index in [1.807, 2.05) is 0 Å². The Labute approximate surface area is 147 Å². The molecule has 0 heterocycles. The van der Waals surface area contributed by atoms with Gasteiger partial charge in [0.1, 0.15) is 5.75 Å². The smallest absolute Gasteiger partial charge is 0.416 e. The third-order valence-corrected chi connectivity index (χ3v) is 3.57. The summed E-state index contributed by atoms with van der Waals surface area (Å²) in [6.07, 6.45) is -4.46. The van der Waals surface area contributed by atoms with Crippen LogP contribution in [0.3, 0.4) is 0 Å². The van der Waals surface area contributed by atoms with Crippen LogP contribution in [0.1, 0.15) is 31.8 Å². The maximum absolute atomic E-state index is 12.5. The zero-order chi connectivity index (χ0) is 19.3. The van der Waals surface area contributed by atoms with Gasteiger partial charge in [0, 0.05) is 18.7 Å². The first-order chi connectivity index (χ1) is 12.2. The second-order valence-electron chi connectivity index (χ2n) is 5.61. The van der Waals surface area contributed by atoms with Gasteiger partial charge in [-0.25, -0.2) is 0 Å². The normalized spacial score (nSPS) is 11.1. The van der Waals surface area contributed by atoms with E-state index in [9.17, 15) is 27.9 Å². The summed E-state index contributed by atoms with van der Waals surface area (Å²) in [6.45, 7) is 1.96. The largest absolute Gasteiger partial charge is 0.507 e. The van der Waals surface area contributed by atoms with Gasteiger partial charge in [-0.3, -0.25) is 9.59 Å². The number of nitrogens with one attached hydrogen (secondary N) is 2. The summed E-state index contributed by atoms with van der Waals surface area (Å²) in [6, 6.07) is 8.44. The van der Waals surface area contributed by atoms with Gasteiger partial charge >= 0.3 is 6.18 Å². The zero-order valence-electron chi connectivity index (χ0n) is 13.9. The fourth-order valence-electron chi connectivity index (χ4n) is 2.19. The van der Waals surface area contributed by atoms with Crippen molar-refractivity contribution in [2.24, 2.45) is 0 Å². The van der Waals surface area contributed by atoms with Crippen molar-refractivity contribution in [1.82, 2.24) is 10.6 Å². The average Bonchev–Trinajstić information content (AvgIpc) is 2.59. The number of hydrogen-bond donors (Lipinski definition) is 3. The van der Waals surface area contributed by atoms with E-state index < -0.39 is 23.6 Å². The van der Waals surface area contributed by atoms with Crippen LogP contribution in [0.2, 0.25) is 0 Å². The second-order valence-corrected chi connectivity index (χ2v) is 5.61. The molecule has 0 bridgehead atoms. The Morgan fingerprint density at radius 1 is 0.962 bits per heavy atom. The van der Waals surface area contributed by atoms with E-state index in [1.165, 1.54) is 12.1 Å².